The van der Waals surface area contributed by atoms with Gasteiger partial charge in [-0.15, -0.1) is 0 Å². The van der Waals surface area contributed by atoms with Gasteiger partial charge in [0.15, 0.2) is 5.82 Å². The van der Waals surface area contributed by atoms with E-state index in [-0.39, 0.29) is 0 Å². The maximum absolute atomic E-state index is 16.0. The molecular formula is C46H31N4O2P. The number of hydrogen-bond donors (Lipinski definition) is 0. The smallest absolute Gasteiger partial charge is 0.301 e. The van der Waals surface area contributed by atoms with Crippen molar-refractivity contribution >= 4 is 57.6 Å². The fourth-order valence-electron chi connectivity index (χ4n) is 7.39. The first-order valence-electron chi connectivity index (χ1n) is 17.5. The average molecular weight is 703 g/mol. The van der Waals surface area contributed by atoms with Gasteiger partial charge in [0.1, 0.15) is 5.58 Å². The number of aromatic nitrogens is 2. The summed E-state index contributed by atoms with van der Waals surface area (Å²) in [4.78, 5) is 10.0. The molecule has 0 radical (unpaired) electrons. The summed E-state index contributed by atoms with van der Waals surface area (Å²) in [7, 11) is -3.48. The Morgan fingerprint density at radius 1 is 0.472 bits per heavy atom. The van der Waals surface area contributed by atoms with E-state index in [4.69, 9.17) is 14.4 Å². The van der Waals surface area contributed by atoms with Crippen LogP contribution in [0.15, 0.2) is 192 Å². The lowest BCUT2D eigenvalue weighted by molar-refractivity contribution is 0.582. The Morgan fingerprint density at radius 2 is 1.00 bits per heavy atom. The number of benzene rings is 7. The highest BCUT2D eigenvalue weighted by atomic mass is 31.2. The molecule has 1 atom stereocenters. The minimum atomic E-state index is -3.48. The van der Waals surface area contributed by atoms with Crippen molar-refractivity contribution in [1.29, 1.82) is 0 Å². The summed E-state index contributed by atoms with van der Waals surface area (Å²) in [6.07, 6.45) is 0. The minimum Gasteiger partial charge on any atom is -0.438 e. The topological polar surface area (TPSA) is 62.5 Å². The van der Waals surface area contributed by atoms with Crippen LogP contribution in [0.4, 0.5) is 22.7 Å². The molecule has 0 saturated heterocycles. The van der Waals surface area contributed by atoms with Crippen LogP contribution >= 0.6 is 7.44 Å². The van der Waals surface area contributed by atoms with Crippen LogP contribution in [-0.4, -0.2) is 9.97 Å². The Labute approximate surface area is 306 Å². The zero-order valence-corrected chi connectivity index (χ0v) is 29.3. The summed E-state index contributed by atoms with van der Waals surface area (Å²) >= 11 is 0. The lowest BCUT2D eigenvalue weighted by Gasteiger charge is -2.33. The molecule has 10 rings (SSSR count). The third-order valence-electron chi connectivity index (χ3n) is 9.81. The van der Waals surface area contributed by atoms with Gasteiger partial charge in [-0.2, -0.15) is 4.98 Å². The second kappa shape index (κ2) is 12.5. The largest absolute Gasteiger partial charge is 0.438 e. The molecule has 1 aliphatic heterocycles. The molecule has 0 fully saturated rings. The lowest BCUT2D eigenvalue weighted by atomic mass is 10.00. The van der Waals surface area contributed by atoms with E-state index >= 15 is 4.57 Å². The molecule has 2 aromatic heterocycles. The number of rotatable bonds is 6. The van der Waals surface area contributed by atoms with Gasteiger partial charge in [0.2, 0.25) is 5.71 Å². The molecule has 7 heteroatoms. The van der Waals surface area contributed by atoms with Gasteiger partial charge >= 0.3 is 7.44 Å². The van der Waals surface area contributed by atoms with Crippen molar-refractivity contribution in [2.24, 2.45) is 0 Å². The molecule has 0 saturated carbocycles. The third-order valence-corrected chi connectivity index (χ3v) is 12.8. The molecule has 0 N–H and O–H groups in total. The Bertz CT molecular complexity index is 2810. The van der Waals surface area contributed by atoms with Gasteiger partial charge in [0.25, 0.3) is 0 Å². The van der Waals surface area contributed by atoms with Crippen molar-refractivity contribution in [2.45, 2.75) is 0 Å². The van der Waals surface area contributed by atoms with Crippen LogP contribution in [0.2, 0.25) is 0 Å². The van der Waals surface area contributed by atoms with Gasteiger partial charge in [0, 0.05) is 27.9 Å². The second-order valence-electron chi connectivity index (χ2n) is 13.0. The Kier molecular flexibility index (Phi) is 7.31. The van der Waals surface area contributed by atoms with Gasteiger partial charge in [-0.3, -0.25) is 13.9 Å². The van der Waals surface area contributed by atoms with E-state index in [1.165, 1.54) is 0 Å². The van der Waals surface area contributed by atoms with Gasteiger partial charge in [-0.25, -0.2) is 4.98 Å². The molecule has 252 valence electrons. The van der Waals surface area contributed by atoms with Gasteiger partial charge in [-0.1, -0.05) is 127 Å². The number of fused-ring (bicyclic) bond motifs is 4. The molecule has 53 heavy (non-hydrogen) atoms. The number of nitrogens with zero attached hydrogens (tertiary/aromatic N) is 4. The highest BCUT2D eigenvalue weighted by Gasteiger charge is 2.49. The summed E-state index contributed by atoms with van der Waals surface area (Å²) in [5.74, 6) is 0.613. The van der Waals surface area contributed by atoms with E-state index in [1.807, 2.05) is 155 Å². The van der Waals surface area contributed by atoms with Crippen LogP contribution in [-0.2, 0) is 4.57 Å². The predicted molar refractivity (Wildman–Crippen MR) is 216 cm³/mol. The van der Waals surface area contributed by atoms with Crippen LogP contribution in [0.3, 0.4) is 0 Å². The van der Waals surface area contributed by atoms with Crippen molar-refractivity contribution < 1.29 is 8.98 Å². The monoisotopic (exact) mass is 702 g/mol. The molecule has 0 spiro atoms. The highest BCUT2D eigenvalue weighted by molar-refractivity contribution is 7.76. The number of anilines is 4. The third kappa shape index (κ3) is 5.07. The fourth-order valence-corrected chi connectivity index (χ4v) is 10.4. The molecule has 0 amide bonds. The van der Waals surface area contributed by atoms with Gasteiger partial charge < -0.3 is 4.42 Å². The molecule has 9 aromatic rings. The van der Waals surface area contributed by atoms with E-state index < -0.39 is 7.44 Å². The van der Waals surface area contributed by atoms with E-state index in [9.17, 15) is 0 Å². The van der Waals surface area contributed by atoms with Gasteiger partial charge in [-0.05, 0) is 71.8 Å². The Morgan fingerprint density at radius 3 is 1.64 bits per heavy atom. The van der Waals surface area contributed by atoms with Crippen LogP contribution in [0.5, 0.6) is 0 Å². The lowest BCUT2D eigenvalue weighted by Crippen LogP contribution is -2.26. The Hall–Kier alpha value is -6.75. The van der Waals surface area contributed by atoms with Crippen LogP contribution < -0.4 is 14.6 Å². The summed E-state index contributed by atoms with van der Waals surface area (Å²) in [6.45, 7) is 0. The molecule has 3 heterocycles. The second-order valence-corrected chi connectivity index (χ2v) is 15.4. The van der Waals surface area contributed by atoms with Crippen LogP contribution in [0.25, 0.3) is 55.8 Å². The number of para-hydroxylation sites is 2. The van der Waals surface area contributed by atoms with E-state index in [2.05, 4.69) is 42.5 Å². The van der Waals surface area contributed by atoms with Crippen molar-refractivity contribution in [2.75, 3.05) is 9.34 Å². The zero-order chi connectivity index (χ0) is 35.4. The first-order valence-corrected chi connectivity index (χ1v) is 19.1. The quantitative estimate of drug-likeness (QED) is 0.161. The first kappa shape index (κ1) is 31.0. The van der Waals surface area contributed by atoms with Crippen LogP contribution in [0, 0.1) is 0 Å². The number of hydrogen-bond acceptors (Lipinski definition) is 4. The van der Waals surface area contributed by atoms with Crippen molar-refractivity contribution in [3.8, 4) is 33.8 Å². The molecule has 7 aromatic carbocycles. The van der Waals surface area contributed by atoms with Crippen molar-refractivity contribution in [1.82, 2.24) is 9.97 Å². The van der Waals surface area contributed by atoms with Crippen LogP contribution in [0.1, 0.15) is 0 Å². The van der Waals surface area contributed by atoms with E-state index in [0.717, 1.165) is 72.4 Å². The van der Waals surface area contributed by atoms with Gasteiger partial charge in [0.05, 0.1) is 27.8 Å². The van der Waals surface area contributed by atoms with E-state index in [0.29, 0.717) is 11.5 Å². The summed E-state index contributed by atoms with van der Waals surface area (Å²) in [5.41, 5.74) is 9.43. The minimum absolute atomic E-state index is 0.538. The van der Waals surface area contributed by atoms with Crippen molar-refractivity contribution in [3.05, 3.63) is 188 Å². The molecule has 1 unspecified atom stereocenters. The average Bonchev–Trinajstić information content (AvgIpc) is 3.74. The highest BCUT2D eigenvalue weighted by Crippen LogP contribution is 2.70. The molecule has 0 bridgehead atoms. The maximum atomic E-state index is 16.0. The SMILES string of the molecule is O=P1(c2ccccc2)N(c2ccccc2)c2ccc(-c3ccc4oc5nc(-c6ccccc6)nc(-c6ccccc6)c5c4c3)cc2N1c1ccccc1. The van der Waals surface area contributed by atoms with E-state index in [1.54, 1.807) is 0 Å². The normalized spacial score (nSPS) is 15.2. The predicted octanol–water partition coefficient (Wildman–Crippen LogP) is 12.2. The summed E-state index contributed by atoms with van der Waals surface area (Å²) in [6, 6.07) is 62.6. The maximum Gasteiger partial charge on any atom is 0.301 e. The standard InChI is InChI=1S/C46H31N4O2P/c51-53(38-24-14-5-15-25-38)49(36-20-10-3-11-21-36)40-28-26-35(31-41(40)50(53)37-22-12-4-13-23-37)34-27-29-42-39(30-34)43-44(32-16-6-1-7-17-32)47-45(48-46(43)52-42)33-18-8-2-9-19-33/h1-31H. The zero-order valence-electron chi connectivity index (χ0n) is 28.5. The fraction of sp³-hybridized carbons (Fsp3) is 0. The summed E-state index contributed by atoms with van der Waals surface area (Å²) < 4.78 is 26.5. The van der Waals surface area contributed by atoms with Crippen molar-refractivity contribution in [3.63, 3.8) is 0 Å². The molecule has 6 nitrogen and oxygen atoms in total. The molecule has 1 aliphatic rings. The number of furan rings is 1. The summed E-state index contributed by atoms with van der Waals surface area (Å²) in [5, 5.41) is 2.54. The first-order chi connectivity index (χ1) is 26.2. The molecular weight excluding hydrogens is 672 g/mol. The molecule has 0 aliphatic carbocycles. The Balaban J connectivity index is 1.19.